The molecule has 0 aliphatic rings. The number of hydrogen-bond donors (Lipinski definition) is 1. The average Bonchev–Trinajstić information content (AvgIpc) is 2.45. The summed E-state index contributed by atoms with van der Waals surface area (Å²) in [7, 11) is 1.91. The molecule has 4 heteroatoms. The first kappa shape index (κ1) is 16.7. The Balaban J connectivity index is 2.34. The molecule has 0 saturated carbocycles. The average molecular weight is 415 g/mol. The molecule has 21 heavy (non-hydrogen) atoms. The van der Waals surface area contributed by atoms with Crippen LogP contribution >= 0.6 is 31.9 Å². The molecule has 0 radical (unpaired) electrons. The van der Waals surface area contributed by atoms with E-state index in [2.05, 4.69) is 63.2 Å². The van der Waals surface area contributed by atoms with Gasteiger partial charge in [0, 0.05) is 15.0 Å². The minimum Gasteiger partial charge on any atom is -0.313 e. The summed E-state index contributed by atoms with van der Waals surface area (Å²) in [4.78, 5) is 0. The lowest BCUT2D eigenvalue weighted by Crippen LogP contribution is -2.19. The van der Waals surface area contributed by atoms with Gasteiger partial charge in [0.05, 0.1) is 0 Å². The lowest BCUT2D eigenvalue weighted by molar-refractivity contribution is 0.553. The molecule has 1 nitrogen and oxygen atoms in total. The van der Waals surface area contributed by atoms with Crippen LogP contribution in [-0.2, 0) is 6.42 Å². The number of rotatable bonds is 4. The van der Waals surface area contributed by atoms with Crippen molar-refractivity contribution < 1.29 is 4.39 Å². The van der Waals surface area contributed by atoms with Gasteiger partial charge in [-0.15, -0.1) is 0 Å². The fourth-order valence-corrected chi connectivity index (χ4v) is 3.12. The molecule has 0 heterocycles. The highest BCUT2D eigenvalue weighted by molar-refractivity contribution is 9.10. The van der Waals surface area contributed by atoms with Crippen LogP contribution in [0, 0.1) is 19.7 Å². The highest BCUT2D eigenvalue weighted by Gasteiger charge is 2.15. The first-order valence-corrected chi connectivity index (χ1v) is 8.38. The van der Waals surface area contributed by atoms with E-state index in [1.165, 1.54) is 22.8 Å². The zero-order valence-corrected chi connectivity index (χ0v) is 15.5. The van der Waals surface area contributed by atoms with Crippen LogP contribution in [0.2, 0.25) is 0 Å². The summed E-state index contributed by atoms with van der Waals surface area (Å²) < 4.78 is 16.0. The highest BCUT2D eigenvalue weighted by atomic mass is 79.9. The van der Waals surface area contributed by atoms with Crippen LogP contribution in [0.3, 0.4) is 0 Å². The molecule has 1 N–H and O–H groups in total. The summed E-state index contributed by atoms with van der Waals surface area (Å²) in [5.41, 5.74) is 4.27. The molecular weight excluding hydrogens is 397 g/mol. The third-order valence-electron chi connectivity index (χ3n) is 3.64. The van der Waals surface area contributed by atoms with E-state index in [9.17, 15) is 4.39 Å². The van der Waals surface area contributed by atoms with Crippen molar-refractivity contribution in [3.8, 4) is 0 Å². The molecule has 0 bridgehead atoms. The van der Waals surface area contributed by atoms with E-state index in [1.54, 1.807) is 6.07 Å². The monoisotopic (exact) mass is 413 g/mol. The normalized spacial score (nSPS) is 12.5. The van der Waals surface area contributed by atoms with Gasteiger partial charge in [0.2, 0.25) is 0 Å². The summed E-state index contributed by atoms with van der Waals surface area (Å²) in [6.07, 6.45) is 0.613. The van der Waals surface area contributed by atoms with Crippen molar-refractivity contribution in [2.45, 2.75) is 26.3 Å². The molecule has 0 amide bonds. The van der Waals surface area contributed by atoms with Crippen LogP contribution in [0.4, 0.5) is 4.39 Å². The standard InChI is InChI=1S/C17H18Br2FN/c1-10-6-13(7-11(2)17(10)19)16(21-3)9-12-8-14(18)4-5-15(12)20/h4-8,16,21H,9H2,1-3H3. The minimum absolute atomic E-state index is 0.0827. The Morgan fingerprint density at radius 1 is 1.10 bits per heavy atom. The molecule has 2 aromatic rings. The Bertz CT molecular complexity index is 632. The smallest absolute Gasteiger partial charge is 0.126 e. The van der Waals surface area contributed by atoms with Gasteiger partial charge in [-0.25, -0.2) is 4.39 Å². The fourth-order valence-electron chi connectivity index (χ4n) is 2.49. The van der Waals surface area contributed by atoms with Gasteiger partial charge < -0.3 is 5.32 Å². The molecule has 0 spiro atoms. The van der Waals surface area contributed by atoms with Gasteiger partial charge in [-0.3, -0.25) is 0 Å². The van der Waals surface area contributed by atoms with Crippen LogP contribution in [0.25, 0.3) is 0 Å². The number of nitrogens with one attached hydrogen (secondary N) is 1. The van der Waals surface area contributed by atoms with Crippen molar-refractivity contribution in [2.24, 2.45) is 0 Å². The SMILES string of the molecule is CNC(Cc1cc(Br)ccc1F)c1cc(C)c(Br)c(C)c1. The van der Waals surface area contributed by atoms with E-state index in [0.29, 0.717) is 12.0 Å². The first-order chi connectivity index (χ1) is 9.92. The van der Waals surface area contributed by atoms with Crippen LogP contribution in [-0.4, -0.2) is 7.05 Å². The number of likely N-dealkylation sites (N-methyl/N-ethyl adjacent to an activating group) is 1. The largest absolute Gasteiger partial charge is 0.313 e. The predicted molar refractivity (Wildman–Crippen MR) is 93.2 cm³/mol. The maximum Gasteiger partial charge on any atom is 0.126 e. The van der Waals surface area contributed by atoms with Crippen molar-refractivity contribution in [3.63, 3.8) is 0 Å². The summed E-state index contributed by atoms with van der Waals surface area (Å²) in [6, 6.07) is 9.45. The maximum atomic E-state index is 13.9. The molecule has 0 aromatic heterocycles. The first-order valence-electron chi connectivity index (χ1n) is 6.80. The van der Waals surface area contributed by atoms with Gasteiger partial charge in [0.25, 0.3) is 0 Å². The van der Waals surface area contributed by atoms with Gasteiger partial charge in [-0.2, -0.15) is 0 Å². The molecule has 0 saturated heterocycles. The van der Waals surface area contributed by atoms with Gasteiger partial charge in [0.1, 0.15) is 5.82 Å². The second kappa shape index (κ2) is 7.03. The molecule has 1 atom stereocenters. The molecular formula is C17H18Br2FN. The van der Waals surface area contributed by atoms with Crippen LogP contribution in [0.5, 0.6) is 0 Å². The summed E-state index contributed by atoms with van der Waals surface area (Å²) >= 11 is 6.99. The molecule has 2 aromatic carbocycles. The van der Waals surface area contributed by atoms with Crippen molar-refractivity contribution in [3.05, 3.63) is 67.3 Å². The predicted octanol–water partition coefficient (Wildman–Crippen LogP) is 5.47. The van der Waals surface area contributed by atoms with E-state index in [4.69, 9.17) is 0 Å². The topological polar surface area (TPSA) is 12.0 Å². The third-order valence-corrected chi connectivity index (χ3v) is 5.39. The highest BCUT2D eigenvalue weighted by Crippen LogP contribution is 2.28. The van der Waals surface area contributed by atoms with E-state index in [1.807, 2.05) is 13.1 Å². The van der Waals surface area contributed by atoms with Gasteiger partial charge in [-0.05, 0) is 67.8 Å². The minimum atomic E-state index is -0.163. The summed E-state index contributed by atoms with van der Waals surface area (Å²) in [5, 5.41) is 3.29. The third kappa shape index (κ3) is 3.93. The Labute approximate surface area is 142 Å². The van der Waals surface area contributed by atoms with Crippen molar-refractivity contribution >= 4 is 31.9 Å². The second-order valence-corrected chi connectivity index (χ2v) is 6.96. The van der Waals surface area contributed by atoms with Gasteiger partial charge >= 0.3 is 0 Å². The number of halogens is 3. The number of hydrogen-bond acceptors (Lipinski definition) is 1. The molecule has 1 unspecified atom stereocenters. The van der Waals surface area contributed by atoms with Gasteiger partial charge in [-0.1, -0.05) is 44.0 Å². The second-order valence-electron chi connectivity index (χ2n) is 5.25. The summed E-state index contributed by atoms with van der Waals surface area (Å²) in [6.45, 7) is 4.15. The van der Waals surface area contributed by atoms with Crippen LogP contribution in [0.1, 0.15) is 28.3 Å². The zero-order valence-electron chi connectivity index (χ0n) is 12.3. The lowest BCUT2D eigenvalue weighted by atomic mass is 9.96. The van der Waals surface area contributed by atoms with E-state index >= 15 is 0 Å². The van der Waals surface area contributed by atoms with Crippen molar-refractivity contribution in [2.75, 3.05) is 7.05 Å². The quantitative estimate of drug-likeness (QED) is 0.699. The number of aryl methyl sites for hydroxylation is 2. The Hall–Kier alpha value is -0.710. The Morgan fingerprint density at radius 3 is 2.29 bits per heavy atom. The molecule has 0 aliphatic carbocycles. The van der Waals surface area contributed by atoms with E-state index in [-0.39, 0.29) is 11.9 Å². The molecule has 112 valence electrons. The Kier molecular flexibility index (Phi) is 5.58. The van der Waals surface area contributed by atoms with Crippen LogP contribution < -0.4 is 5.32 Å². The Morgan fingerprint density at radius 2 is 1.71 bits per heavy atom. The maximum absolute atomic E-state index is 13.9. The molecule has 0 fully saturated rings. The summed E-state index contributed by atoms with van der Waals surface area (Å²) in [5.74, 6) is -0.163. The lowest BCUT2D eigenvalue weighted by Gasteiger charge is -2.19. The fraction of sp³-hybridized carbons (Fsp3) is 0.294. The van der Waals surface area contributed by atoms with Crippen molar-refractivity contribution in [1.29, 1.82) is 0 Å². The molecule has 0 aliphatic heterocycles. The van der Waals surface area contributed by atoms with Crippen LogP contribution in [0.15, 0.2) is 39.3 Å². The van der Waals surface area contributed by atoms with E-state index < -0.39 is 0 Å². The molecule has 2 rings (SSSR count). The van der Waals surface area contributed by atoms with Gasteiger partial charge in [0.15, 0.2) is 0 Å². The zero-order chi connectivity index (χ0) is 15.6. The number of benzene rings is 2. The van der Waals surface area contributed by atoms with E-state index in [0.717, 1.165) is 8.95 Å². The van der Waals surface area contributed by atoms with Crippen molar-refractivity contribution in [1.82, 2.24) is 5.32 Å².